The number of rotatable bonds is 3. The summed E-state index contributed by atoms with van der Waals surface area (Å²) in [5.41, 5.74) is 7.87. The van der Waals surface area contributed by atoms with Crippen molar-refractivity contribution in [3.63, 3.8) is 0 Å². The normalized spacial score (nSPS) is 10.0. The molecule has 1 aromatic carbocycles. The maximum atomic E-state index is 5.45. The molecular weight excluding hydrogens is 202 g/mol. The predicted octanol–water partition coefficient (Wildman–Crippen LogP) is 2.09. The fourth-order valence-electron chi connectivity index (χ4n) is 0.879. The molecule has 1 nitrogen and oxygen atoms in total. The molecule has 0 bridgehead atoms. The third kappa shape index (κ3) is 2.64. The minimum Gasteiger partial charge on any atom is -0.326 e. The minimum absolute atomic E-state index is 0.620. The van der Waals surface area contributed by atoms with E-state index in [1.807, 2.05) is 0 Å². The van der Waals surface area contributed by atoms with E-state index in [-0.39, 0.29) is 0 Å². The molecule has 59 valence electrons. The van der Waals surface area contributed by atoms with Gasteiger partial charge in [0.25, 0.3) is 0 Å². The molecule has 11 heavy (non-hydrogen) atoms. The highest BCUT2D eigenvalue weighted by Crippen LogP contribution is 2.06. The first kappa shape index (κ1) is 8.75. The van der Waals surface area contributed by atoms with Crippen LogP contribution in [0, 0.1) is 6.42 Å². The summed E-state index contributed by atoms with van der Waals surface area (Å²) < 4.78 is 0. The maximum Gasteiger partial charge on any atom is 0.0178 e. The van der Waals surface area contributed by atoms with E-state index in [4.69, 9.17) is 5.73 Å². The molecule has 0 fully saturated rings. The predicted molar refractivity (Wildman–Crippen MR) is 51.5 cm³/mol. The SMILES string of the molecule is NCc1ccc([CH]CBr)cc1. The third-order valence-electron chi connectivity index (χ3n) is 1.53. The average Bonchev–Trinajstić information content (AvgIpc) is 2.07. The van der Waals surface area contributed by atoms with Gasteiger partial charge in [-0.3, -0.25) is 0 Å². The Labute approximate surface area is 75.7 Å². The Bertz CT molecular complexity index is 205. The van der Waals surface area contributed by atoms with Crippen molar-refractivity contribution in [1.82, 2.24) is 0 Å². The number of hydrogen-bond acceptors (Lipinski definition) is 1. The smallest absolute Gasteiger partial charge is 0.0178 e. The molecule has 0 aliphatic rings. The summed E-state index contributed by atoms with van der Waals surface area (Å²) in [6.07, 6.45) is 2.11. The molecule has 0 heterocycles. The van der Waals surface area contributed by atoms with Crippen LogP contribution in [0.3, 0.4) is 0 Å². The van der Waals surface area contributed by atoms with Gasteiger partial charge in [0.1, 0.15) is 0 Å². The molecule has 0 aliphatic carbocycles. The van der Waals surface area contributed by atoms with Gasteiger partial charge in [0.2, 0.25) is 0 Å². The molecule has 1 rings (SSSR count). The monoisotopic (exact) mass is 212 g/mol. The Morgan fingerprint density at radius 1 is 1.27 bits per heavy atom. The van der Waals surface area contributed by atoms with E-state index < -0.39 is 0 Å². The summed E-state index contributed by atoms with van der Waals surface area (Å²) >= 11 is 3.34. The lowest BCUT2D eigenvalue weighted by Crippen LogP contribution is -1.95. The molecule has 0 saturated heterocycles. The first-order chi connectivity index (χ1) is 5.36. The van der Waals surface area contributed by atoms with Crippen molar-refractivity contribution in [2.45, 2.75) is 6.54 Å². The Hall–Kier alpha value is -0.340. The Morgan fingerprint density at radius 3 is 2.36 bits per heavy atom. The van der Waals surface area contributed by atoms with Crippen molar-refractivity contribution in [3.8, 4) is 0 Å². The van der Waals surface area contributed by atoms with Gasteiger partial charge in [0.15, 0.2) is 0 Å². The van der Waals surface area contributed by atoms with Gasteiger partial charge in [-0.15, -0.1) is 0 Å². The maximum absolute atomic E-state index is 5.45. The fourth-order valence-corrected chi connectivity index (χ4v) is 1.25. The first-order valence-corrected chi connectivity index (χ1v) is 4.67. The van der Waals surface area contributed by atoms with Gasteiger partial charge in [0, 0.05) is 18.3 Å². The summed E-state index contributed by atoms with van der Waals surface area (Å²) in [6.45, 7) is 0.620. The fraction of sp³-hybridized carbons (Fsp3) is 0.222. The zero-order valence-corrected chi connectivity index (χ0v) is 7.84. The van der Waals surface area contributed by atoms with E-state index in [1.54, 1.807) is 0 Å². The summed E-state index contributed by atoms with van der Waals surface area (Å²) in [7, 11) is 0. The molecule has 0 spiro atoms. The molecule has 2 heteroatoms. The molecule has 0 saturated carbocycles. The van der Waals surface area contributed by atoms with Gasteiger partial charge in [-0.2, -0.15) is 0 Å². The van der Waals surface area contributed by atoms with E-state index in [9.17, 15) is 0 Å². The summed E-state index contributed by atoms with van der Waals surface area (Å²) in [5.74, 6) is 0. The van der Waals surface area contributed by atoms with Crippen LogP contribution in [-0.2, 0) is 6.54 Å². The standard InChI is InChI=1S/C9H11BrN/c10-6-5-8-1-3-9(7-11)4-2-8/h1-5H,6-7,11H2. The van der Waals surface area contributed by atoms with Crippen molar-refractivity contribution >= 4 is 15.9 Å². The Balaban J connectivity index is 2.66. The molecule has 0 atom stereocenters. The van der Waals surface area contributed by atoms with Crippen LogP contribution in [0.15, 0.2) is 24.3 Å². The summed E-state index contributed by atoms with van der Waals surface area (Å²) in [5, 5.41) is 0.898. The zero-order valence-electron chi connectivity index (χ0n) is 6.26. The van der Waals surface area contributed by atoms with Gasteiger partial charge in [-0.05, 0) is 11.1 Å². The van der Waals surface area contributed by atoms with Crippen molar-refractivity contribution in [3.05, 3.63) is 41.8 Å². The van der Waals surface area contributed by atoms with Gasteiger partial charge in [-0.1, -0.05) is 40.2 Å². The lowest BCUT2D eigenvalue weighted by atomic mass is 10.1. The molecule has 1 radical (unpaired) electrons. The van der Waals surface area contributed by atoms with Crippen LogP contribution < -0.4 is 5.73 Å². The Kier molecular flexibility index (Phi) is 3.60. The number of benzene rings is 1. The van der Waals surface area contributed by atoms with E-state index in [1.165, 1.54) is 11.1 Å². The number of nitrogens with two attached hydrogens (primary N) is 1. The van der Waals surface area contributed by atoms with E-state index in [0.29, 0.717) is 6.54 Å². The molecule has 1 aromatic rings. The van der Waals surface area contributed by atoms with Crippen molar-refractivity contribution < 1.29 is 0 Å². The average molecular weight is 213 g/mol. The molecular formula is C9H11BrN. The highest BCUT2D eigenvalue weighted by atomic mass is 79.9. The number of alkyl halides is 1. The second-order valence-corrected chi connectivity index (χ2v) is 2.95. The lowest BCUT2D eigenvalue weighted by Gasteiger charge is -1.98. The van der Waals surface area contributed by atoms with E-state index in [0.717, 1.165) is 5.33 Å². The molecule has 2 N–H and O–H groups in total. The second-order valence-electron chi connectivity index (χ2n) is 2.30. The van der Waals surface area contributed by atoms with Gasteiger partial charge < -0.3 is 5.73 Å². The quantitative estimate of drug-likeness (QED) is 0.764. The Morgan fingerprint density at radius 2 is 1.91 bits per heavy atom. The van der Waals surface area contributed by atoms with E-state index in [2.05, 4.69) is 46.6 Å². The highest BCUT2D eigenvalue weighted by molar-refractivity contribution is 9.09. The van der Waals surface area contributed by atoms with Crippen LogP contribution in [0.2, 0.25) is 0 Å². The van der Waals surface area contributed by atoms with Crippen molar-refractivity contribution in [2.24, 2.45) is 5.73 Å². The molecule has 0 aliphatic heterocycles. The summed E-state index contributed by atoms with van der Waals surface area (Å²) in [4.78, 5) is 0. The van der Waals surface area contributed by atoms with Crippen molar-refractivity contribution in [2.75, 3.05) is 5.33 Å². The molecule has 0 amide bonds. The second kappa shape index (κ2) is 4.52. The van der Waals surface area contributed by atoms with E-state index >= 15 is 0 Å². The number of hydrogen-bond donors (Lipinski definition) is 1. The minimum atomic E-state index is 0.620. The van der Waals surface area contributed by atoms with Crippen LogP contribution in [0.25, 0.3) is 0 Å². The lowest BCUT2D eigenvalue weighted by molar-refractivity contribution is 1.07. The van der Waals surface area contributed by atoms with Gasteiger partial charge >= 0.3 is 0 Å². The first-order valence-electron chi connectivity index (χ1n) is 3.55. The van der Waals surface area contributed by atoms with Crippen molar-refractivity contribution in [1.29, 1.82) is 0 Å². The molecule has 0 unspecified atom stereocenters. The molecule has 0 aromatic heterocycles. The van der Waals surface area contributed by atoms with Crippen LogP contribution in [0.4, 0.5) is 0 Å². The van der Waals surface area contributed by atoms with Crippen LogP contribution in [0.5, 0.6) is 0 Å². The largest absolute Gasteiger partial charge is 0.326 e. The van der Waals surface area contributed by atoms with Gasteiger partial charge in [-0.25, -0.2) is 0 Å². The highest BCUT2D eigenvalue weighted by Gasteiger charge is 1.91. The topological polar surface area (TPSA) is 26.0 Å². The van der Waals surface area contributed by atoms with Crippen LogP contribution in [0.1, 0.15) is 11.1 Å². The van der Waals surface area contributed by atoms with Crippen LogP contribution in [-0.4, -0.2) is 5.33 Å². The third-order valence-corrected chi connectivity index (χ3v) is 1.85. The van der Waals surface area contributed by atoms with Crippen LogP contribution >= 0.6 is 15.9 Å². The van der Waals surface area contributed by atoms with Gasteiger partial charge in [0.05, 0.1) is 0 Å². The summed E-state index contributed by atoms with van der Waals surface area (Å²) in [6, 6.07) is 8.25. The number of halogens is 1. The zero-order chi connectivity index (χ0) is 8.10.